The first kappa shape index (κ1) is 19.3. The molecule has 0 atom stereocenters. The maximum atomic E-state index is 12.3. The van der Waals surface area contributed by atoms with Gasteiger partial charge in [0, 0.05) is 17.2 Å². The van der Waals surface area contributed by atoms with Crippen LogP contribution in [0, 0.1) is 0 Å². The minimum absolute atomic E-state index is 0.293. The topological polar surface area (TPSA) is 69.2 Å². The third kappa shape index (κ3) is 4.99. The van der Waals surface area contributed by atoms with E-state index in [9.17, 15) is 4.79 Å². The van der Waals surface area contributed by atoms with Crippen LogP contribution in [0.25, 0.3) is 0 Å². The summed E-state index contributed by atoms with van der Waals surface area (Å²) >= 11 is 0. The molecule has 1 N–H and O–H groups in total. The van der Waals surface area contributed by atoms with Gasteiger partial charge in [0.1, 0.15) is 17.2 Å². The predicted octanol–water partition coefficient (Wildman–Crippen LogP) is 3.65. The van der Waals surface area contributed by atoms with E-state index >= 15 is 0 Å². The van der Waals surface area contributed by atoms with E-state index in [1.54, 1.807) is 51.5 Å². The minimum atomic E-state index is -0.293. The van der Waals surface area contributed by atoms with Crippen LogP contribution in [0.2, 0.25) is 0 Å². The molecule has 0 bridgehead atoms. The van der Waals surface area contributed by atoms with Gasteiger partial charge in [0.25, 0.3) is 5.91 Å². The van der Waals surface area contributed by atoms with Gasteiger partial charge < -0.3 is 14.2 Å². The van der Waals surface area contributed by atoms with Gasteiger partial charge in [-0.3, -0.25) is 4.79 Å². The summed E-state index contributed by atoms with van der Waals surface area (Å²) in [5, 5.41) is 4.17. The Kier molecular flexibility index (Phi) is 7.02. The Hall–Kier alpha value is -3.02. The third-order valence-electron chi connectivity index (χ3n) is 3.71. The number of ether oxygens (including phenoxy) is 3. The molecule has 2 aromatic carbocycles. The summed E-state index contributed by atoms with van der Waals surface area (Å²) in [5.74, 6) is 1.76. The third-order valence-corrected chi connectivity index (χ3v) is 3.71. The SMILES string of the molecule is CCCOc1ccc(C(=O)N/N=C(/C)c2ccc(OC)cc2OC)cc1. The van der Waals surface area contributed by atoms with E-state index in [4.69, 9.17) is 14.2 Å². The van der Waals surface area contributed by atoms with Gasteiger partial charge in [0.15, 0.2) is 0 Å². The van der Waals surface area contributed by atoms with Crippen molar-refractivity contribution < 1.29 is 19.0 Å². The first-order valence-electron chi connectivity index (χ1n) is 8.39. The number of amides is 1. The molecule has 6 heteroatoms. The van der Waals surface area contributed by atoms with Crippen molar-refractivity contribution >= 4 is 11.6 Å². The highest BCUT2D eigenvalue weighted by molar-refractivity contribution is 6.02. The Morgan fingerprint density at radius 3 is 2.35 bits per heavy atom. The van der Waals surface area contributed by atoms with Crippen molar-refractivity contribution in [2.45, 2.75) is 20.3 Å². The zero-order valence-electron chi connectivity index (χ0n) is 15.5. The number of nitrogens with one attached hydrogen (secondary N) is 1. The van der Waals surface area contributed by atoms with Crippen molar-refractivity contribution in [2.75, 3.05) is 20.8 Å². The van der Waals surface area contributed by atoms with Crippen LogP contribution in [0.3, 0.4) is 0 Å². The molecular formula is C20H24N2O4. The van der Waals surface area contributed by atoms with Crippen molar-refractivity contribution in [1.29, 1.82) is 0 Å². The lowest BCUT2D eigenvalue weighted by Gasteiger charge is -2.10. The lowest BCUT2D eigenvalue weighted by atomic mass is 10.1. The van der Waals surface area contributed by atoms with Gasteiger partial charge >= 0.3 is 0 Å². The van der Waals surface area contributed by atoms with Crippen molar-refractivity contribution in [3.05, 3.63) is 53.6 Å². The zero-order chi connectivity index (χ0) is 18.9. The van der Waals surface area contributed by atoms with Crippen LogP contribution in [-0.2, 0) is 0 Å². The van der Waals surface area contributed by atoms with E-state index in [0.29, 0.717) is 29.4 Å². The van der Waals surface area contributed by atoms with Gasteiger partial charge in [0.2, 0.25) is 0 Å². The molecule has 0 heterocycles. The average Bonchev–Trinajstić information content (AvgIpc) is 2.69. The molecule has 26 heavy (non-hydrogen) atoms. The highest BCUT2D eigenvalue weighted by Gasteiger charge is 2.10. The summed E-state index contributed by atoms with van der Waals surface area (Å²) < 4.78 is 16.0. The molecule has 0 unspecified atom stereocenters. The smallest absolute Gasteiger partial charge is 0.271 e. The van der Waals surface area contributed by atoms with E-state index in [1.165, 1.54) is 0 Å². The lowest BCUT2D eigenvalue weighted by molar-refractivity contribution is 0.0955. The molecule has 0 aliphatic carbocycles. The summed E-state index contributed by atoms with van der Waals surface area (Å²) in [6.45, 7) is 4.49. The molecule has 0 spiro atoms. The number of rotatable bonds is 8. The molecule has 0 saturated heterocycles. The van der Waals surface area contributed by atoms with Crippen LogP contribution >= 0.6 is 0 Å². The van der Waals surface area contributed by atoms with Gasteiger partial charge in [-0.25, -0.2) is 5.43 Å². The van der Waals surface area contributed by atoms with Gasteiger partial charge in [-0.1, -0.05) is 6.92 Å². The van der Waals surface area contributed by atoms with Crippen LogP contribution < -0.4 is 19.6 Å². The van der Waals surface area contributed by atoms with Gasteiger partial charge in [-0.05, 0) is 49.7 Å². The van der Waals surface area contributed by atoms with Crippen LogP contribution in [-0.4, -0.2) is 32.4 Å². The zero-order valence-corrected chi connectivity index (χ0v) is 15.5. The maximum Gasteiger partial charge on any atom is 0.271 e. The fourth-order valence-electron chi connectivity index (χ4n) is 2.28. The van der Waals surface area contributed by atoms with E-state index in [1.807, 2.05) is 19.1 Å². The molecule has 0 aliphatic rings. The summed E-state index contributed by atoms with van der Waals surface area (Å²) in [7, 11) is 3.17. The Balaban J connectivity index is 2.07. The molecule has 1 amide bonds. The number of benzene rings is 2. The fraction of sp³-hybridized carbons (Fsp3) is 0.300. The largest absolute Gasteiger partial charge is 0.497 e. The molecular weight excluding hydrogens is 332 g/mol. The molecule has 0 aromatic heterocycles. The van der Waals surface area contributed by atoms with Gasteiger partial charge in [-0.15, -0.1) is 0 Å². The number of nitrogens with zero attached hydrogens (tertiary/aromatic N) is 1. The second-order valence-corrected chi connectivity index (χ2v) is 5.58. The number of hydrazone groups is 1. The molecule has 0 fully saturated rings. The molecule has 6 nitrogen and oxygen atoms in total. The number of hydrogen-bond acceptors (Lipinski definition) is 5. The van der Waals surface area contributed by atoms with Crippen molar-refractivity contribution in [3.63, 3.8) is 0 Å². The average molecular weight is 356 g/mol. The lowest BCUT2D eigenvalue weighted by Crippen LogP contribution is -2.19. The molecule has 2 aromatic rings. The van der Waals surface area contributed by atoms with Crippen molar-refractivity contribution in [3.8, 4) is 17.2 Å². The Labute approximate surface area is 153 Å². The van der Waals surface area contributed by atoms with Crippen LogP contribution in [0.15, 0.2) is 47.6 Å². The Morgan fingerprint density at radius 1 is 1.04 bits per heavy atom. The van der Waals surface area contributed by atoms with Crippen molar-refractivity contribution in [2.24, 2.45) is 5.10 Å². The number of carbonyl (C=O) groups excluding carboxylic acids is 1. The van der Waals surface area contributed by atoms with Crippen LogP contribution in [0.4, 0.5) is 0 Å². The standard InChI is InChI=1S/C20H24N2O4/c1-5-12-26-16-8-6-15(7-9-16)20(23)22-21-14(2)18-11-10-17(24-3)13-19(18)25-4/h6-11,13H,5,12H2,1-4H3,(H,22,23)/b21-14-. The normalized spacial score (nSPS) is 11.0. The van der Waals surface area contributed by atoms with E-state index in [2.05, 4.69) is 10.5 Å². The first-order valence-corrected chi connectivity index (χ1v) is 8.39. The summed E-state index contributed by atoms with van der Waals surface area (Å²) in [6.07, 6.45) is 0.936. The van der Waals surface area contributed by atoms with Crippen LogP contribution in [0.1, 0.15) is 36.2 Å². The predicted molar refractivity (Wildman–Crippen MR) is 101 cm³/mol. The molecule has 0 aliphatic heterocycles. The second-order valence-electron chi connectivity index (χ2n) is 5.58. The van der Waals surface area contributed by atoms with Gasteiger partial charge in [0.05, 0.1) is 26.5 Å². The fourth-order valence-corrected chi connectivity index (χ4v) is 2.28. The quantitative estimate of drug-likeness (QED) is 0.579. The Morgan fingerprint density at radius 2 is 1.73 bits per heavy atom. The molecule has 0 radical (unpaired) electrons. The summed E-state index contributed by atoms with van der Waals surface area (Å²) in [5.41, 5.74) is 4.47. The van der Waals surface area contributed by atoms with E-state index < -0.39 is 0 Å². The Bertz CT molecular complexity index is 770. The summed E-state index contributed by atoms with van der Waals surface area (Å²) in [6, 6.07) is 12.4. The number of methoxy groups -OCH3 is 2. The first-order chi connectivity index (χ1) is 12.6. The molecule has 2 rings (SSSR count). The summed E-state index contributed by atoms with van der Waals surface area (Å²) in [4.78, 5) is 12.3. The monoisotopic (exact) mass is 356 g/mol. The number of hydrogen-bond donors (Lipinski definition) is 1. The maximum absolute atomic E-state index is 12.3. The number of carbonyl (C=O) groups is 1. The molecule has 138 valence electrons. The van der Waals surface area contributed by atoms with E-state index in [0.717, 1.165) is 17.7 Å². The highest BCUT2D eigenvalue weighted by Crippen LogP contribution is 2.25. The highest BCUT2D eigenvalue weighted by atomic mass is 16.5. The minimum Gasteiger partial charge on any atom is -0.497 e. The van der Waals surface area contributed by atoms with Crippen molar-refractivity contribution in [1.82, 2.24) is 5.43 Å². The molecule has 0 saturated carbocycles. The second kappa shape index (κ2) is 9.46. The van der Waals surface area contributed by atoms with Gasteiger partial charge in [-0.2, -0.15) is 5.10 Å². The van der Waals surface area contributed by atoms with Crippen LogP contribution in [0.5, 0.6) is 17.2 Å². The van der Waals surface area contributed by atoms with E-state index in [-0.39, 0.29) is 5.91 Å².